The van der Waals surface area contributed by atoms with Crippen LogP contribution in [0, 0.1) is 0 Å². The van der Waals surface area contributed by atoms with E-state index >= 15 is 0 Å². The molecule has 1 N–H and O–H groups in total. The molecular formula is C21H34O3. The van der Waals surface area contributed by atoms with Gasteiger partial charge in [0, 0.05) is 0 Å². The van der Waals surface area contributed by atoms with Crippen molar-refractivity contribution < 1.29 is 14.6 Å². The molecule has 1 unspecified atom stereocenters. The van der Waals surface area contributed by atoms with Gasteiger partial charge in [0.1, 0.15) is 5.75 Å². The second kappa shape index (κ2) is 12.9. The average molecular weight is 335 g/mol. The molecule has 0 heterocycles. The lowest BCUT2D eigenvalue weighted by atomic mass is 10.0. The van der Waals surface area contributed by atoms with Crippen molar-refractivity contribution in [2.75, 3.05) is 0 Å². The van der Waals surface area contributed by atoms with Crippen molar-refractivity contribution >= 4 is 5.97 Å². The van der Waals surface area contributed by atoms with Gasteiger partial charge in [-0.3, -0.25) is 0 Å². The standard InChI is InChI=1S/C21H34O3/c1-3-4-5-6-7-8-9-10-11-12-13-18(2)24-20-16-14-19(15-17-20)21(22)23/h14-18H,3-13H2,1-2H3,(H,22,23). The molecule has 24 heavy (non-hydrogen) atoms. The highest BCUT2D eigenvalue weighted by Crippen LogP contribution is 2.17. The maximum absolute atomic E-state index is 10.8. The van der Waals surface area contributed by atoms with Crippen LogP contribution in [-0.2, 0) is 0 Å². The molecule has 3 nitrogen and oxygen atoms in total. The Morgan fingerprint density at radius 1 is 0.917 bits per heavy atom. The lowest BCUT2D eigenvalue weighted by molar-refractivity contribution is 0.0697. The van der Waals surface area contributed by atoms with E-state index in [9.17, 15) is 4.79 Å². The molecule has 0 saturated heterocycles. The van der Waals surface area contributed by atoms with E-state index in [-0.39, 0.29) is 6.10 Å². The Bertz CT molecular complexity index is 439. The molecule has 1 atom stereocenters. The molecule has 1 aromatic rings. The predicted molar refractivity (Wildman–Crippen MR) is 100.0 cm³/mol. The molecule has 0 spiro atoms. The zero-order valence-corrected chi connectivity index (χ0v) is 15.4. The Labute approximate surface area is 147 Å². The summed E-state index contributed by atoms with van der Waals surface area (Å²) in [5.74, 6) is -0.153. The van der Waals surface area contributed by atoms with Crippen LogP contribution in [0.15, 0.2) is 24.3 Å². The van der Waals surface area contributed by atoms with Gasteiger partial charge in [-0.1, -0.05) is 64.7 Å². The van der Waals surface area contributed by atoms with Gasteiger partial charge >= 0.3 is 5.97 Å². The van der Waals surface area contributed by atoms with Gasteiger partial charge in [0.05, 0.1) is 11.7 Å². The van der Waals surface area contributed by atoms with Crippen molar-refractivity contribution in [2.24, 2.45) is 0 Å². The summed E-state index contributed by atoms with van der Waals surface area (Å²) in [7, 11) is 0. The highest BCUT2D eigenvalue weighted by molar-refractivity contribution is 5.87. The number of unbranched alkanes of at least 4 members (excludes halogenated alkanes) is 9. The van der Waals surface area contributed by atoms with Gasteiger partial charge in [0.2, 0.25) is 0 Å². The molecule has 0 aliphatic heterocycles. The lowest BCUT2D eigenvalue weighted by Crippen LogP contribution is -2.11. The third kappa shape index (κ3) is 9.59. The van der Waals surface area contributed by atoms with Crippen molar-refractivity contribution in [3.8, 4) is 5.75 Å². The second-order valence-electron chi connectivity index (χ2n) is 6.73. The Morgan fingerprint density at radius 3 is 1.92 bits per heavy atom. The topological polar surface area (TPSA) is 46.5 Å². The minimum atomic E-state index is -0.903. The number of carbonyl (C=O) groups is 1. The summed E-state index contributed by atoms with van der Waals surface area (Å²) < 4.78 is 5.84. The molecular weight excluding hydrogens is 300 g/mol. The van der Waals surface area contributed by atoms with Crippen LogP contribution in [0.25, 0.3) is 0 Å². The van der Waals surface area contributed by atoms with Crippen molar-refractivity contribution in [3.63, 3.8) is 0 Å². The van der Waals surface area contributed by atoms with Crippen molar-refractivity contribution in [1.82, 2.24) is 0 Å². The Morgan fingerprint density at radius 2 is 1.42 bits per heavy atom. The van der Waals surface area contributed by atoms with Gasteiger partial charge in [0.15, 0.2) is 0 Å². The first-order valence-corrected chi connectivity index (χ1v) is 9.63. The summed E-state index contributed by atoms with van der Waals surface area (Å²) in [6.07, 6.45) is 14.7. The third-order valence-corrected chi connectivity index (χ3v) is 4.40. The number of aromatic carboxylic acids is 1. The molecule has 0 fully saturated rings. The van der Waals surface area contributed by atoms with E-state index in [1.54, 1.807) is 24.3 Å². The molecule has 0 bridgehead atoms. The average Bonchev–Trinajstić information content (AvgIpc) is 2.57. The van der Waals surface area contributed by atoms with Crippen LogP contribution < -0.4 is 4.74 Å². The number of carboxylic acids is 1. The van der Waals surface area contributed by atoms with E-state index in [1.165, 1.54) is 64.2 Å². The van der Waals surface area contributed by atoms with Gasteiger partial charge in [-0.2, -0.15) is 0 Å². The molecule has 3 heteroatoms. The number of benzene rings is 1. The van der Waals surface area contributed by atoms with Gasteiger partial charge in [0.25, 0.3) is 0 Å². The monoisotopic (exact) mass is 334 g/mol. The first-order valence-electron chi connectivity index (χ1n) is 9.63. The van der Waals surface area contributed by atoms with Gasteiger partial charge in [-0.05, 0) is 44.0 Å². The third-order valence-electron chi connectivity index (χ3n) is 4.40. The van der Waals surface area contributed by atoms with E-state index in [0.717, 1.165) is 12.2 Å². The van der Waals surface area contributed by atoms with Crippen molar-refractivity contribution in [2.45, 2.75) is 90.6 Å². The molecule has 1 rings (SSSR count). The summed E-state index contributed by atoms with van der Waals surface area (Å²) in [4.78, 5) is 10.8. The van der Waals surface area contributed by atoms with Crippen LogP contribution in [0.5, 0.6) is 5.75 Å². The van der Waals surface area contributed by atoms with Gasteiger partial charge in [-0.25, -0.2) is 4.79 Å². The first-order chi connectivity index (χ1) is 11.6. The largest absolute Gasteiger partial charge is 0.491 e. The highest BCUT2D eigenvalue weighted by atomic mass is 16.5. The predicted octanol–water partition coefficient (Wildman–Crippen LogP) is 6.46. The smallest absolute Gasteiger partial charge is 0.335 e. The first kappa shape index (κ1) is 20.5. The maximum atomic E-state index is 10.8. The summed E-state index contributed by atoms with van der Waals surface area (Å²) in [6, 6.07) is 6.65. The summed E-state index contributed by atoms with van der Waals surface area (Å²) in [5.41, 5.74) is 0.296. The summed E-state index contributed by atoms with van der Waals surface area (Å²) >= 11 is 0. The normalized spacial score (nSPS) is 12.1. The van der Waals surface area contributed by atoms with Gasteiger partial charge < -0.3 is 9.84 Å². The van der Waals surface area contributed by atoms with Crippen LogP contribution in [0.3, 0.4) is 0 Å². The van der Waals surface area contributed by atoms with E-state index in [2.05, 4.69) is 13.8 Å². The maximum Gasteiger partial charge on any atom is 0.335 e. The fourth-order valence-electron chi connectivity index (χ4n) is 2.89. The molecule has 0 aliphatic rings. The Kier molecular flexibility index (Phi) is 11.0. The van der Waals surface area contributed by atoms with E-state index in [1.807, 2.05) is 0 Å². The van der Waals surface area contributed by atoms with Gasteiger partial charge in [-0.15, -0.1) is 0 Å². The van der Waals surface area contributed by atoms with Crippen LogP contribution in [0.4, 0.5) is 0 Å². The molecule has 136 valence electrons. The number of carboxylic acid groups (broad SMARTS) is 1. The minimum absolute atomic E-state index is 0.176. The second-order valence-corrected chi connectivity index (χ2v) is 6.73. The van der Waals surface area contributed by atoms with Crippen LogP contribution >= 0.6 is 0 Å². The Hall–Kier alpha value is -1.51. The molecule has 0 amide bonds. The zero-order chi connectivity index (χ0) is 17.6. The molecule has 0 aliphatic carbocycles. The Balaban J connectivity index is 2.01. The van der Waals surface area contributed by atoms with E-state index in [0.29, 0.717) is 5.56 Å². The minimum Gasteiger partial charge on any atom is -0.491 e. The summed E-state index contributed by atoms with van der Waals surface area (Å²) in [5, 5.41) is 8.88. The van der Waals surface area contributed by atoms with E-state index in [4.69, 9.17) is 9.84 Å². The number of rotatable bonds is 14. The van der Waals surface area contributed by atoms with Crippen LogP contribution in [0.1, 0.15) is 94.8 Å². The molecule has 0 saturated carbocycles. The fourth-order valence-corrected chi connectivity index (χ4v) is 2.89. The molecule has 1 aromatic carbocycles. The van der Waals surface area contributed by atoms with Crippen LogP contribution in [-0.4, -0.2) is 17.2 Å². The molecule has 0 radical (unpaired) electrons. The van der Waals surface area contributed by atoms with Crippen molar-refractivity contribution in [1.29, 1.82) is 0 Å². The van der Waals surface area contributed by atoms with Crippen LogP contribution in [0.2, 0.25) is 0 Å². The fraction of sp³-hybridized carbons (Fsp3) is 0.667. The number of hydrogen-bond acceptors (Lipinski definition) is 2. The SMILES string of the molecule is CCCCCCCCCCCCC(C)Oc1ccc(C(=O)O)cc1. The summed E-state index contributed by atoms with van der Waals surface area (Å²) in [6.45, 7) is 4.34. The highest BCUT2D eigenvalue weighted by Gasteiger charge is 2.06. The number of hydrogen-bond donors (Lipinski definition) is 1. The molecule has 0 aromatic heterocycles. The van der Waals surface area contributed by atoms with Crippen molar-refractivity contribution in [3.05, 3.63) is 29.8 Å². The zero-order valence-electron chi connectivity index (χ0n) is 15.4. The lowest BCUT2D eigenvalue weighted by Gasteiger charge is -2.14. The quantitative estimate of drug-likeness (QED) is 0.397. The van der Waals surface area contributed by atoms with E-state index < -0.39 is 5.97 Å². The number of ether oxygens (including phenoxy) is 1.